The Morgan fingerprint density at radius 3 is 2.09 bits per heavy atom. The third kappa shape index (κ3) is 3.47. The Hall–Kier alpha value is -1.04. The summed E-state index contributed by atoms with van der Waals surface area (Å²) in [6.45, 7) is 17.8. The molecular formula is C22H33. The van der Waals surface area contributed by atoms with Crippen LogP contribution in [0.5, 0.6) is 0 Å². The summed E-state index contributed by atoms with van der Waals surface area (Å²) in [6.07, 6.45) is 10.7. The molecule has 0 spiro atoms. The van der Waals surface area contributed by atoms with E-state index >= 15 is 0 Å². The van der Waals surface area contributed by atoms with E-state index in [1.807, 2.05) is 6.08 Å². The minimum absolute atomic E-state index is 0.267. The Balaban J connectivity index is 2.38. The van der Waals surface area contributed by atoms with Gasteiger partial charge in [0.15, 0.2) is 0 Å². The summed E-state index contributed by atoms with van der Waals surface area (Å²) in [7, 11) is 0. The van der Waals surface area contributed by atoms with Gasteiger partial charge in [-0.15, -0.1) is 0 Å². The molecule has 1 aromatic carbocycles. The zero-order chi connectivity index (χ0) is 16.4. The zero-order valence-electron chi connectivity index (χ0n) is 15.3. The van der Waals surface area contributed by atoms with Crippen LogP contribution in [0.25, 0.3) is 6.08 Å². The summed E-state index contributed by atoms with van der Waals surface area (Å²) in [6, 6.07) is 4.85. The molecule has 121 valence electrons. The first-order chi connectivity index (χ1) is 10.3. The summed E-state index contributed by atoms with van der Waals surface area (Å²) in [5.41, 5.74) is 6.32. The molecule has 0 heteroatoms. The summed E-state index contributed by atoms with van der Waals surface area (Å²) in [5.74, 6) is 0. The van der Waals surface area contributed by atoms with Crippen molar-refractivity contribution in [1.82, 2.24) is 0 Å². The van der Waals surface area contributed by atoms with E-state index in [9.17, 15) is 0 Å². The SMILES string of the molecule is [CH]=Cc1cc2c(cc1CCCCCC)C(C)(C)CCC2(C)C. The number of rotatable bonds is 6. The van der Waals surface area contributed by atoms with Crippen molar-refractivity contribution in [3.05, 3.63) is 41.0 Å². The molecule has 1 aliphatic carbocycles. The minimum atomic E-state index is 0.267. The van der Waals surface area contributed by atoms with Gasteiger partial charge in [-0.3, -0.25) is 0 Å². The maximum Gasteiger partial charge on any atom is -0.0100 e. The largest absolute Gasteiger partial charge is 0.0654 e. The average Bonchev–Trinajstić information content (AvgIpc) is 2.48. The van der Waals surface area contributed by atoms with Crippen LogP contribution in [0.15, 0.2) is 12.1 Å². The molecule has 0 nitrogen and oxygen atoms in total. The Bertz CT molecular complexity index is 531. The highest BCUT2D eigenvalue weighted by molar-refractivity contribution is 5.57. The second kappa shape index (κ2) is 6.60. The molecular weight excluding hydrogens is 264 g/mol. The lowest BCUT2D eigenvalue weighted by Crippen LogP contribution is -2.34. The van der Waals surface area contributed by atoms with Crippen LogP contribution < -0.4 is 0 Å². The lowest BCUT2D eigenvalue weighted by molar-refractivity contribution is 0.331. The third-order valence-electron chi connectivity index (χ3n) is 5.59. The van der Waals surface area contributed by atoms with Crippen LogP contribution in [0, 0.1) is 6.58 Å². The topological polar surface area (TPSA) is 0 Å². The fourth-order valence-corrected chi connectivity index (χ4v) is 3.79. The van der Waals surface area contributed by atoms with Crippen LogP contribution in [0.4, 0.5) is 0 Å². The average molecular weight is 298 g/mol. The first kappa shape index (κ1) is 17.3. The Morgan fingerprint density at radius 1 is 0.955 bits per heavy atom. The highest BCUT2D eigenvalue weighted by Crippen LogP contribution is 2.46. The van der Waals surface area contributed by atoms with Crippen LogP contribution in [-0.2, 0) is 17.3 Å². The van der Waals surface area contributed by atoms with Crippen molar-refractivity contribution in [1.29, 1.82) is 0 Å². The van der Waals surface area contributed by atoms with Crippen LogP contribution in [0.2, 0.25) is 0 Å². The van der Waals surface area contributed by atoms with Crippen molar-refractivity contribution in [3.8, 4) is 0 Å². The van der Waals surface area contributed by atoms with Gasteiger partial charge in [-0.2, -0.15) is 0 Å². The van der Waals surface area contributed by atoms with Crippen LogP contribution in [-0.4, -0.2) is 0 Å². The lowest BCUT2D eigenvalue weighted by atomic mass is 9.62. The molecule has 0 atom stereocenters. The van der Waals surface area contributed by atoms with Crippen LogP contribution in [0.1, 0.15) is 95.4 Å². The fourth-order valence-electron chi connectivity index (χ4n) is 3.79. The van der Waals surface area contributed by atoms with Gasteiger partial charge in [0.25, 0.3) is 0 Å². The molecule has 0 saturated carbocycles. The number of hydrogen-bond acceptors (Lipinski definition) is 0. The molecule has 0 aliphatic heterocycles. The van der Waals surface area contributed by atoms with Crippen molar-refractivity contribution in [2.24, 2.45) is 0 Å². The Morgan fingerprint density at radius 2 is 1.55 bits per heavy atom. The minimum Gasteiger partial charge on any atom is -0.0654 e. The second-order valence-electron chi connectivity index (χ2n) is 8.34. The fraction of sp³-hybridized carbons (Fsp3) is 0.636. The van der Waals surface area contributed by atoms with Crippen molar-refractivity contribution >= 4 is 6.08 Å². The quantitative estimate of drug-likeness (QED) is 0.519. The molecule has 0 N–H and O–H groups in total. The van der Waals surface area contributed by atoms with E-state index in [0.717, 1.165) is 6.42 Å². The van der Waals surface area contributed by atoms with Crippen molar-refractivity contribution in [2.45, 2.75) is 90.4 Å². The molecule has 0 fully saturated rings. The van der Waals surface area contributed by atoms with Crippen molar-refractivity contribution < 1.29 is 0 Å². The maximum atomic E-state index is 5.95. The van der Waals surface area contributed by atoms with Gasteiger partial charge in [0, 0.05) is 0 Å². The lowest BCUT2D eigenvalue weighted by Gasteiger charge is -2.42. The molecule has 0 bridgehead atoms. The third-order valence-corrected chi connectivity index (χ3v) is 5.59. The molecule has 0 aromatic heterocycles. The maximum absolute atomic E-state index is 5.95. The van der Waals surface area contributed by atoms with Gasteiger partial charge in [0.05, 0.1) is 0 Å². The normalized spacial score (nSPS) is 18.8. The number of unbranched alkanes of at least 4 members (excludes halogenated alkanes) is 3. The zero-order valence-corrected chi connectivity index (χ0v) is 15.3. The van der Waals surface area contributed by atoms with Gasteiger partial charge >= 0.3 is 0 Å². The number of fused-ring (bicyclic) bond motifs is 1. The van der Waals surface area contributed by atoms with E-state index < -0.39 is 0 Å². The molecule has 0 saturated heterocycles. The molecule has 22 heavy (non-hydrogen) atoms. The molecule has 1 aliphatic rings. The van der Waals surface area contributed by atoms with Gasteiger partial charge in [0.1, 0.15) is 0 Å². The number of benzene rings is 1. The standard InChI is InChI=1S/C22H33/c1-7-9-10-11-12-18-16-20-19(15-17(18)8-2)21(3,4)13-14-22(20,5)6/h2,8,15-16H,7,9-14H2,1,3-6H3. The van der Waals surface area contributed by atoms with Gasteiger partial charge < -0.3 is 0 Å². The van der Waals surface area contributed by atoms with Crippen molar-refractivity contribution in [2.75, 3.05) is 0 Å². The molecule has 0 amide bonds. The summed E-state index contributed by atoms with van der Waals surface area (Å²) in [4.78, 5) is 0. The summed E-state index contributed by atoms with van der Waals surface area (Å²) >= 11 is 0. The Kier molecular flexibility index (Phi) is 5.20. The molecule has 0 unspecified atom stereocenters. The smallest absolute Gasteiger partial charge is 0.0100 e. The number of hydrogen-bond donors (Lipinski definition) is 0. The first-order valence-corrected chi connectivity index (χ1v) is 9.04. The number of aryl methyl sites for hydroxylation is 1. The van der Waals surface area contributed by atoms with E-state index in [0.29, 0.717) is 0 Å². The van der Waals surface area contributed by atoms with Gasteiger partial charge in [-0.05, 0) is 58.8 Å². The molecule has 2 rings (SSSR count). The summed E-state index contributed by atoms with van der Waals surface area (Å²) in [5, 5.41) is 0. The van der Waals surface area contributed by atoms with E-state index in [4.69, 9.17) is 6.58 Å². The highest BCUT2D eigenvalue weighted by Gasteiger charge is 2.37. The molecule has 1 radical (unpaired) electrons. The first-order valence-electron chi connectivity index (χ1n) is 9.04. The highest BCUT2D eigenvalue weighted by atomic mass is 14.4. The van der Waals surface area contributed by atoms with Gasteiger partial charge in [-0.25, -0.2) is 0 Å². The van der Waals surface area contributed by atoms with Crippen LogP contribution in [0.3, 0.4) is 0 Å². The molecule has 1 aromatic rings. The van der Waals surface area contributed by atoms with Crippen LogP contribution >= 0.6 is 0 Å². The van der Waals surface area contributed by atoms with Crippen molar-refractivity contribution in [3.63, 3.8) is 0 Å². The second-order valence-corrected chi connectivity index (χ2v) is 8.34. The van der Waals surface area contributed by atoms with Gasteiger partial charge in [0.2, 0.25) is 0 Å². The monoisotopic (exact) mass is 297 g/mol. The summed E-state index contributed by atoms with van der Waals surface area (Å²) < 4.78 is 0. The van der Waals surface area contributed by atoms with Gasteiger partial charge in [-0.1, -0.05) is 78.7 Å². The van der Waals surface area contributed by atoms with E-state index in [1.165, 1.54) is 55.2 Å². The van der Waals surface area contributed by atoms with E-state index in [1.54, 1.807) is 5.56 Å². The van der Waals surface area contributed by atoms with E-state index in [-0.39, 0.29) is 10.8 Å². The Labute approximate surface area is 138 Å². The van der Waals surface area contributed by atoms with E-state index in [2.05, 4.69) is 46.8 Å². The molecule has 0 heterocycles. The predicted molar refractivity (Wildman–Crippen MR) is 98.3 cm³/mol. The predicted octanol–water partition coefficient (Wildman–Crippen LogP) is 6.60.